The molecule has 1 aromatic carbocycles. The summed E-state index contributed by atoms with van der Waals surface area (Å²) in [5.74, 6) is -5.17. The second-order valence-corrected chi connectivity index (χ2v) is 10.7. The van der Waals surface area contributed by atoms with Crippen LogP contribution in [0, 0.1) is 17.1 Å². The fourth-order valence-electron chi connectivity index (χ4n) is 4.39. The van der Waals surface area contributed by atoms with Gasteiger partial charge in [0, 0.05) is 49.4 Å². The molecule has 1 atom stereocenters. The minimum atomic E-state index is -5.83. The Hall–Kier alpha value is -4.29. The van der Waals surface area contributed by atoms with E-state index in [0.29, 0.717) is 23.4 Å². The smallest absolute Gasteiger partial charge is 0.458 e. The number of aryl methyl sites for hydroxylation is 1. The molecule has 0 saturated carbocycles. The Morgan fingerprint density at radius 2 is 1.71 bits per heavy atom. The van der Waals surface area contributed by atoms with Crippen LogP contribution in [0.5, 0.6) is 0 Å². The van der Waals surface area contributed by atoms with Crippen molar-refractivity contribution in [2.75, 3.05) is 5.75 Å². The molecule has 4 heterocycles. The van der Waals surface area contributed by atoms with E-state index in [9.17, 15) is 36.2 Å². The molecule has 0 aliphatic heterocycles. The summed E-state index contributed by atoms with van der Waals surface area (Å²) in [7, 11) is 3.06. The standard InChI is InChI=1S/C26H19F6N7OS/c1-4-41(40)23-20(22-35-19-9-16(11-34-21(19)37(22)2)25(28,29)26(30,31)32)36-24(38(23)3)39-12-15(10-33)18(13-39)14-5-7-17(27)8-6-14/h5-9,11-13H,4H2,1-3H3. The van der Waals surface area contributed by atoms with E-state index in [1.807, 2.05) is 0 Å². The Balaban J connectivity index is 1.68. The number of nitrogens with zero attached hydrogens (tertiary/aromatic N) is 7. The van der Waals surface area contributed by atoms with Crippen LogP contribution in [0.15, 0.2) is 53.9 Å². The van der Waals surface area contributed by atoms with Crippen molar-refractivity contribution in [1.29, 1.82) is 5.26 Å². The topological polar surface area (TPSA) is 100 Å². The number of nitriles is 1. The second kappa shape index (κ2) is 9.96. The van der Waals surface area contributed by atoms with E-state index < -0.39 is 34.7 Å². The van der Waals surface area contributed by atoms with Crippen LogP contribution in [0.25, 0.3) is 39.8 Å². The maximum absolute atomic E-state index is 14.0. The van der Waals surface area contributed by atoms with E-state index >= 15 is 0 Å². The van der Waals surface area contributed by atoms with Gasteiger partial charge < -0.3 is 9.12 Å². The molecule has 1 unspecified atom stereocenters. The summed E-state index contributed by atoms with van der Waals surface area (Å²) >= 11 is -1.63. The van der Waals surface area contributed by atoms with E-state index in [2.05, 4.69) is 21.0 Å². The average Bonchev–Trinajstić information content (AvgIpc) is 3.61. The van der Waals surface area contributed by atoms with Gasteiger partial charge in [-0.15, -0.1) is 0 Å². The zero-order valence-corrected chi connectivity index (χ0v) is 22.4. The van der Waals surface area contributed by atoms with Crippen LogP contribution in [0.1, 0.15) is 18.1 Å². The quantitative estimate of drug-likeness (QED) is 0.189. The zero-order valence-electron chi connectivity index (χ0n) is 21.5. The summed E-state index contributed by atoms with van der Waals surface area (Å²) in [6, 6.07) is 8.23. The fourth-order valence-corrected chi connectivity index (χ4v) is 5.40. The minimum absolute atomic E-state index is 0.00786. The molecule has 0 bridgehead atoms. The van der Waals surface area contributed by atoms with E-state index in [1.54, 1.807) is 20.2 Å². The number of hydrogen-bond acceptors (Lipinski definition) is 5. The summed E-state index contributed by atoms with van der Waals surface area (Å²) in [6.07, 6.45) is -2.30. The fraction of sp³-hybridized carbons (Fsp3) is 0.231. The highest BCUT2D eigenvalue weighted by molar-refractivity contribution is 7.91. The summed E-state index contributed by atoms with van der Waals surface area (Å²) in [4.78, 5) is 12.7. The lowest BCUT2D eigenvalue weighted by Crippen LogP contribution is -2.33. The zero-order chi connectivity index (χ0) is 29.9. The van der Waals surface area contributed by atoms with E-state index in [1.165, 1.54) is 51.2 Å². The lowest BCUT2D eigenvalue weighted by Gasteiger charge is -2.19. The van der Waals surface area contributed by atoms with Crippen LogP contribution in [-0.2, 0) is 31.2 Å². The van der Waals surface area contributed by atoms with Crippen molar-refractivity contribution in [3.63, 3.8) is 0 Å². The van der Waals surface area contributed by atoms with Gasteiger partial charge in [-0.2, -0.15) is 27.2 Å². The Morgan fingerprint density at radius 3 is 2.32 bits per heavy atom. The molecule has 5 rings (SSSR count). The molecule has 41 heavy (non-hydrogen) atoms. The van der Waals surface area contributed by atoms with Gasteiger partial charge in [0.25, 0.3) is 5.03 Å². The van der Waals surface area contributed by atoms with Crippen LogP contribution in [-0.4, -0.2) is 45.1 Å². The molecule has 0 saturated heterocycles. The first-order chi connectivity index (χ1) is 19.3. The van der Waals surface area contributed by atoms with Crippen molar-refractivity contribution in [1.82, 2.24) is 28.7 Å². The van der Waals surface area contributed by atoms with Crippen molar-refractivity contribution < 1.29 is 30.9 Å². The van der Waals surface area contributed by atoms with Crippen molar-refractivity contribution in [2.24, 2.45) is 14.1 Å². The Labute approximate surface area is 231 Å². The van der Waals surface area contributed by atoms with Gasteiger partial charge in [0.2, 0.25) is 5.95 Å². The number of alkyl halides is 5. The first kappa shape index (κ1) is 28.2. The van der Waals surface area contributed by atoms with Crippen LogP contribution >= 0.6 is 0 Å². The number of aromatic nitrogens is 6. The number of fused-ring (bicyclic) bond motifs is 1. The molecule has 0 radical (unpaired) electrons. The number of rotatable bonds is 6. The Bertz CT molecular complexity index is 1820. The maximum Gasteiger partial charge on any atom is 0.458 e. The monoisotopic (exact) mass is 591 g/mol. The molecule has 0 aliphatic rings. The Morgan fingerprint density at radius 1 is 1.02 bits per heavy atom. The molecule has 212 valence electrons. The highest BCUT2D eigenvalue weighted by atomic mass is 32.2. The van der Waals surface area contributed by atoms with Crippen LogP contribution < -0.4 is 0 Å². The summed E-state index contributed by atoms with van der Waals surface area (Å²) in [5.41, 5.74) is -0.205. The third kappa shape index (κ3) is 4.62. The number of benzene rings is 1. The molecule has 0 spiro atoms. The molecule has 5 aromatic rings. The van der Waals surface area contributed by atoms with Crippen LogP contribution in [0.3, 0.4) is 0 Å². The van der Waals surface area contributed by atoms with Gasteiger partial charge in [-0.3, -0.25) is 9.13 Å². The van der Waals surface area contributed by atoms with Gasteiger partial charge in [-0.1, -0.05) is 12.1 Å². The van der Waals surface area contributed by atoms with Gasteiger partial charge in [-0.05, 0) is 30.7 Å². The summed E-state index contributed by atoms with van der Waals surface area (Å²) < 4.78 is 97.8. The lowest BCUT2D eigenvalue weighted by molar-refractivity contribution is -0.289. The molecule has 8 nitrogen and oxygen atoms in total. The van der Waals surface area contributed by atoms with Gasteiger partial charge in [0.05, 0.1) is 11.1 Å². The van der Waals surface area contributed by atoms with E-state index in [-0.39, 0.29) is 45.0 Å². The maximum atomic E-state index is 14.0. The lowest BCUT2D eigenvalue weighted by atomic mass is 10.1. The highest BCUT2D eigenvalue weighted by Gasteiger charge is 2.59. The molecule has 15 heteroatoms. The first-order valence-electron chi connectivity index (χ1n) is 11.9. The third-order valence-corrected chi connectivity index (χ3v) is 7.89. The normalized spacial score (nSPS) is 13.1. The van der Waals surface area contributed by atoms with Crippen molar-refractivity contribution in [3.05, 3.63) is 65.9 Å². The number of imidazole rings is 2. The van der Waals surface area contributed by atoms with Gasteiger partial charge >= 0.3 is 12.1 Å². The van der Waals surface area contributed by atoms with Crippen molar-refractivity contribution in [3.8, 4) is 34.7 Å². The number of pyridine rings is 1. The predicted octanol–water partition coefficient (Wildman–Crippen LogP) is 5.62. The molecule has 0 N–H and O–H groups in total. The molecule has 4 aromatic heterocycles. The molecule has 0 aliphatic carbocycles. The van der Waals surface area contributed by atoms with Crippen molar-refractivity contribution in [2.45, 2.75) is 24.0 Å². The van der Waals surface area contributed by atoms with E-state index in [0.717, 1.165) is 0 Å². The predicted molar refractivity (Wildman–Crippen MR) is 137 cm³/mol. The van der Waals surface area contributed by atoms with Gasteiger partial charge in [0.1, 0.15) is 23.2 Å². The van der Waals surface area contributed by atoms with Crippen LogP contribution in [0.2, 0.25) is 0 Å². The summed E-state index contributed by atoms with van der Waals surface area (Å²) in [6.45, 7) is 1.67. The first-order valence-corrected chi connectivity index (χ1v) is 13.2. The van der Waals surface area contributed by atoms with E-state index in [4.69, 9.17) is 0 Å². The number of halogens is 6. The number of hydrogen-bond donors (Lipinski definition) is 0. The molecule has 0 fully saturated rings. The second-order valence-electron chi connectivity index (χ2n) is 9.00. The third-order valence-electron chi connectivity index (χ3n) is 6.47. The summed E-state index contributed by atoms with van der Waals surface area (Å²) in [5, 5.41) is 9.92. The molecule has 0 amide bonds. The van der Waals surface area contributed by atoms with Crippen molar-refractivity contribution >= 4 is 22.3 Å². The Kier molecular flexibility index (Phi) is 6.86. The molecular weight excluding hydrogens is 572 g/mol. The SMILES string of the molecule is CC[S+]([O-])c1c(-c2nc3cc(C(F)(F)C(F)(F)F)cnc3n2C)nc(-n2cc(C#N)c(-c3ccc(F)cc3)c2)n1C. The highest BCUT2D eigenvalue weighted by Crippen LogP contribution is 2.44. The largest absolute Gasteiger partial charge is 0.610 e. The van der Waals surface area contributed by atoms with Gasteiger partial charge in [-0.25, -0.2) is 19.3 Å². The van der Waals surface area contributed by atoms with Gasteiger partial charge in [0.15, 0.2) is 17.2 Å². The van der Waals surface area contributed by atoms with Crippen LogP contribution in [0.4, 0.5) is 26.3 Å². The average molecular weight is 592 g/mol. The minimum Gasteiger partial charge on any atom is -0.610 e. The molecular formula is C26H19F6N7OS.